The predicted molar refractivity (Wildman–Crippen MR) is 119 cm³/mol. The van der Waals surface area contributed by atoms with Crippen molar-refractivity contribution in [3.8, 4) is 0 Å². The molecule has 1 unspecified atom stereocenters. The number of guanidine groups is 1. The van der Waals surface area contributed by atoms with Crippen LogP contribution in [0.2, 0.25) is 0 Å². The molecule has 7 heteroatoms. The van der Waals surface area contributed by atoms with Crippen LogP contribution in [-0.2, 0) is 9.47 Å². The molecule has 2 fully saturated rings. The first kappa shape index (κ1) is 23.9. The number of halogens is 1. The highest BCUT2D eigenvalue weighted by Gasteiger charge is 2.16. The van der Waals surface area contributed by atoms with Crippen molar-refractivity contribution in [1.29, 1.82) is 0 Å². The van der Waals surface area contributed by atoms with Crippen molar-refractivity contribution in [3.05, 3.63) is 0 Å². The Kier molecular flexibility index (Phi) is 13.7. The maximum Gasteiger partial charge on any atom is 0.191 e. The van der Waals surface area contributed by atoms with Crippen molar-refractivity contribution in [2.75, 3.05) is 66.2 Å². The maximum atomic E-state index is 5.82. The number of rotatable bonds is 9. The van der Waals surface area contributed by atoms with Gasteiger partial charge in [-0.25, -0.2) is 0 Å². The first-order chi connectivity index (χ1) is 12.3. The molecule has 2 N–H and O–H groups in total. The van der Waals surface area contributed by atoms with E-state index in [1.54, 1.807) is 0 Å². The van der Waals surface area contributed by atoms with Crippen LogP contribution in [0, 0.1) is 11.8 Å². The second-order valence-corrected chi connectivity index (χ2v) is 7.40. The topological polar surface area (TPSA) is 58.1 Å². The van der Waals surface area contributed by atoms with Crippen molar-refractivity contribution in [2.45, 2.75) is 39.0 Å². The predicted octanol–water partition coefficient (Wildman–Crippen LogP) is 2.33. The third kappa shape index (κ3) is 10.3. The van der Waals surface area contributed by atoms with E-state index in [4.69, 9.17) is 14.5 Å². The van der Waals surface area contributed by atoms with E-state index in [0.29, 0.717) is 11.8 Å². The lowest BCUT2D eigenvalue weighted by Crippen LogP contribution is -2.39. The summed E-state index contributed by atoms with van der Waals surface area (Å²) in [6.45, 7) is 10.7. The Morgan fingerprint density at radius 3 is 2.73 bits per heavy atom. The van der Waals surface area contributed by atoms with Gasteiger partial charge in [-0.05, 0) is 64.5 Å². The van der Waals surface area contributed by atoms with Crippen LogP contribution >= 0.6 is 24.0 Å². The van der Waals surface area contributed by atoms with E-state index in [0.717, 1.165) is 71.3 Å². The molecule has 0 aromatic rings. The van der Waals surface area contributed by atoms with Crippen LogP contribution < -0.4 is 10.6 Å². The van der Waals surface area contributed by atoms with Gasteiger partial charge in [0.15, 0.2) is 5.96 Å². The average Bonchev–Trinajstić information content (AvgIpc) is 2.63. The zero-order valence-corrected chi connectivity index (χ0v) is 19.0. The van der Waals surface area contributed by atoms with Gasteiger partial charge in [0.25, 0.3) is 0 Å². The fraction of sp³-hybridized carbons (Fsp3) is 0.947. The number of nitrogens with one attached hydrogen (secondary N) is 2. The molecule has 0 aromatic heterocycles. The molecule has 2 rings (SSSR count). The van der Waals surface area contributed by atoms with Crippen molar-refractivity contribution >= 4 is 29.9 Å². The minimum atomic E-state index is 0. The smallest absolute Gasteiger partial charge is 0.191 e. The minimum Gasteiger partial charge on any atom is -0.381 e. The Morgan fingerprint density at radius 2 is 2.00 bits per heavy atom. The molecule has 0 aromatic carbocycles. The van der Waals surface area contributed by atoms with E-state index in [2.05, 4.69) is 29.5 Å². The molecule has 0 bridgehead atoms. The Hall–Kier alpha value is -0.120. The summed E-state index contributed by atoms with van der Waals surface area (Å²) in [4.78, 5) is 7.19. The zero-order valence-electron chi connectivity index (χ0n) is 16.7. The summed E-state index contributed by atoms with van der Waals surface area (Å²) in [5.41, 5.74) is 0. The van der Waals surface area contributed by atoms with Crippen LogP contribution in [0.15, 0.2) is 4.99 Å². The Labute approximate surface area is 176 Å². The molecule has 0 saturated carbocycles. The molecule has 1 atom stereocenters. The third-order valence-corrected chi connectivity index (χ3v) is 5.03. The second kappa shape index (κ2) is 14.9. The maximum absolute atomic E-state index is 5.82. The molecule has 2 aliphatic heterocycles. The fourth-order valence-electron chi connectivity index (χ4n) is 3.53. The van der Waals surface area contributed by atoms with Crippen LogP contribution in [0.1, 0.15) is 39.0 Å². The van der Waals surface area contributed by atoms with Gasteiger partial charge in [-0.3, -0.25) is 4.99 Å². The molecule has 0 amide bonds. The Balaban J connectivity index is 0.00000338. The number of aliphatic imine (C=N–C) groups is 1. The number of hydrogen-bond donors (Lipinski definition) is 2. The van der Waals surface area contributed by atoms with Crippen molar-refractivity contribution < 1.29 is 9.47 Å². The Bertz CT molecular complexity index is 379. The monoisotopic (exact) mass is 482 g/mol. The number of piperidine rings is 1. The van der Waals surface area contributed by atoms with Gasteiger partial charge in [0, 0.05) is 52.6 Å². The largest absolute Gasteiger partial charge is 0.381 e. The summed E-state index contributed by atoms with van der Waals surface area (Å²) in [6.07, 6.45) is 5.90. The van der Waals surface area contributed by atoms with Gasteiger partial charge in [0.1, 0.15) is 0 Å². The number of hydrogen-bond acceptors (Lipinski definition) is 4. The van der Waals surface area contributed by atoms with E-state index >= 15 is 0 Å². The molecule has 6 nitrogen and oxygen atoms in total. The van der Waals surface area contributed by atoms with Crippen LogP contribution in [0.25, 0.3) is 0 Å². The average molecular weight is 482 g/mol. The van der Waals surface area contributed by atoms with E-state index in [9.17, 15) is 0 Å². The molecule has 154 valence electrons. The lowest BCUT2D eigenvalue weighted by molar-refractivity contribution is 0.0203. The second-order valence-electron chi connectivity index (χ2n) is 7.40. The highest BCUT2D eigenvalue weighted by atomic mass is 127. The Morgan fingerprint density at radius 1 is 1.19 bits per heavy atom. The lowest BCUT2D eigenvalue weighted by Gasteiger charge is -2.28. The van der Waals surface area contributed by atoms with Crippen molar-refractivity contribution in [2.24, 2.45) is 16.8 Å². The van der Waals surface area contributed by atoms with Gasteiger partial charge in [-0.1, -0.05) is 0 Å². The number of likely N-dealkylation sites (tertiary alicyclic amines) is 1. The first-order valence-electron chi connectivity index (χ1n) is 10.1. The number of nitrogens with zero attached hydrogens (tertiary/aromatic N) is 2. The van der Waals surface area contributed by atoms with Crippen LogP contribution in [-0.4, -0.2) is 77.1 Å². The number of ether oxygens (including phenoxy) is 2. The zero-order chi connectivity index (χ0) is 17.7. The van der Waals surface area contributed by atoms with Crippen LogP contribution in [0.4, 0.5) is 0 Å². The molecular weight excluding hydrogens is 443 g/mol. The van der Waals surface area contributed by atoms with Gasteiger partial charge in [0.05, 0.1) is 0 Å². The van der Waals surface area contributed by atoms with Gasteiger partial charge in [-0.15, -0.1) is 24.0 Å². The van der Waals surface area contributed by atoms with E-state index < -0.39 is 0 Å². The van der Waals surface area contributed by atoms with Gasteiger partial charge < -0.3 is 25.0 Å². The van der Waals surface area contributed by atoms with Crippen molar-refractivity contribution in [3.63, 3.8) is 0 Å². The summed E-state index contributed by atoms with van der Waals surface area (Å²) in [6, 6.07) is 0. The first-order valence-corrected chi connectivity index (χ1v) is 10.1. The standard InChI is InChI=1S/C19H38N4O2.HI/c1-3-20-19(22-14-18-6-4-10-23(2)15-18)21-9-5-11-25-16-17-7-12-24-13-8-17;/h17-18H,3-16H2,1-2H3,(H2,20,21,22);1H. The summed E-state index contributed by atoms with van der Waals surface area (Å²) in [5, 5.41) is 6.78. The summed E-state index contributed by atoms with van der Waals surface area (Å²) < 4.78 is 11.2. The molecule has 0 radical (unpaired) electrons. The van der Waals surface area contributed by atoms with E-state index in [-0.39, 0.29) is 24.0 Å². The summed E-state index contributed by atoms with van der Waals surface area (Å²) in [7, 11) is 2.21. The normalized spacial score (nSPS) is 22.7. The molecule has 0 spiro atoms. The van der Waals surface area contributed by atoms with E-state index in [1.807, 2.05) is 0 Å². The lowest BCUT2D eigenvalue weighted by atomic mass is 9.99. The van der Waals surface area contributed by atoms with Crippen LogP contribution in [0.3, 0.4) is 0 Å². The van der Waals surface area contributed by atoms with Gasteiger partial charge in [0.2, 0.25) is 0 Å². The molecule has 2 saturated heterocycles. The molecule has 2 aliphatic rings. The van der Waals surface area contributed by atoms with Gasteiger partial charge >= 0.3 is 0 Å². The highest BCUT2D eigenvalue weighted by molar-refractivity contribution is 14.0. The third-order valence-electron chi connectivity index (χ3n) is 5.03. The molecule has 2 heterocycles. The summed E-state index contributed by atoms with van der Waals surface area (Å²) in [5.74, 6) is 2.33. The fourth-order valence-corrected chi connectivity index (χ4v) is 3.53. The quantitative estimate of drug-likeness (QED) is 0.229. The molecular formula is C19H39IN4O2. The van der Waals surface area contributed by atoms with Crippen LogP contribution in [0.5, 0.6) is 0 Å². The molecule has 0 aliphatic carbocycles. The highest BCUT2D eigenvalue weighted by Crippen LogP contribution is 2.15. The summed E-state index contributed by atoms with van der Waals surface area (Å²) >= 11 is 0. The van der Waals surface area contributed by atoms with Gasteiger partial charge in [-0.2, -0.15) is 0 Å². The van der Waals surface area contributed by atoms with Crippen molar-refractivity contribution in [1.82, 2.24) is 15.5 Å². The minimum absolute atomic E-state index is 0. The molecule has 26 heavy (non-hydrogen) atoms. The SMILES string of the molecule is CCNC(=NCC1CCCN(C)C1)NCCCOCC1CCOCC1.I. The van der Waals surface area contributed by atoms with E-state index in [1.165, 1.54) is 25.9 Å².